The van der Waals surface area contributed by atoms with Crippen molar-refractivity contribution in [1.82, 2.24) is 10.2 Å². The SMILES string of the molecule is O=C(NCCO)C1=CC(N(Cc2ccc(Cl)cc2)C(=O)c2cc3ccccc3oc2=O)C(O)C2Oc3ccccc3C12. The summed E-state index contributed by atoms with van der Waals surface area (Å²) in [5, 5.41) is 24.8. The minimum absolute atomic E-state index is 0.0175. The number of carbonyl (C=O) groups is 2. The van der Waals surface area contributed by atoms with Crippen LogP contribution in [0.4, 0.5) is 0 Å². The molecule has 2 amide bonds. The lowest BCUT2D eigenvalue weighted by atomic mass is 9.77. The van der Waals surface area contributed by atoms with E-state index in [4.69, 9.17) is 20.8 Å². The summed E-state index contributed by atoms with van der Waals surface area (Å²) in [6.45, 7) is -0.254. The fraction of sp³-hybridized carbons (Fsp3) is 0.219. The molecule has 9 nitrogen and oxygen atoms in total. The molecule has 4 unspecified atom stereocenters. The lowest BCUT2D eigenvalue weighted by Crippen LogP contribution is -2.55. The van der Waals surface area contributed by atoms with Crippen LogP contribution in [0.5, 0.6) is 5.75 Å². The molecule has 3 N–H and O–H groups in total. The summed E-state index contributed by atoms with van der Waals surface area (Å²) < 4.78 is 11.6. The minimum atomic E-state index is -1.26. The molecule has 4 atom stereocenters. The third-order valence-corrected chi connectivity index (χ3v) is 7.89. The van der Waals surface area contributed by atoms with Crippen LogP contribution >= 0.6 is 11.6 Å². The van der Waals surface area contributed by atoms with Gasteiger partial charge in [-0.05, 0) is 42.0 Å². The Balaban J connectivity index is 1.47. The van der Waals surface area contributed by atoms with Crippen molar-refractivity contribution >= 4 is 34.4 Å². The van der Waals surface area contributed by atoms with Crippen molar-refractivity contribution in [2.75, 3.05) is 13.2 Å². The van der Waals surface area contributed by atoms with E-state index in [2.05, 4.69) is 5.32 Å². The number of amides is 2. The third-order valence-electron chi connectivity index (χ3n) is 7.64. The predicted molar refractivity (Wildman–Crippen MR) is 155 cm³/mol. The maximum atomic E-state index is 14.2. The Morgan fingerprint density at radius 2 is 1.74 bits per heavy atom. The zero-order valence-corrected chi connectivity index (χ0v) is 23.0. The molecule has 0 saturated carbocycles. The monoisotopic (exact) mass is 586 g/mol. The maximum Gasteiger partial charge on any atom is 0.349 e. The molecule has 42 heavy (non-hydrogen) atoms. The summed E-state index contributed by atoms with van der Waals surface area (Å²) in [6.07, 6.45) is -0.595. The van der Waals surface area contributed by atoms with Crippen LogP contribution in [0.1, 0.15) is 27.4 Å². The Morgan fingerprint density at radius 1 is 1.00 bits per heavy atom. The van der Waals surface area contributed by atoms with Crippen molar-refractivity contribution in [3.63, 3.8) is 0 Å². The molecule has 0 fully saturated rings. The molecule has 2 heterocycles. The Kier molecular flexibility index (Phi) is 7.55. The fourth-order valence-electron chi connectivity index (χ4n) is 5.66. The number of aliphatic hydroxyl groups excluding tert-OH is 2. The van der Waals surface area contributed by atoms with E-state index >= 15 is 0 Å². The molecule has 214 valence electrons. The van der Waals surface area contributed by atoms with Gasteiger partial charge in [-0.3, -0.25) is 9.59 Å². The summed E-state index contributed by atoms with van der Waals surface area (Å²) >= 11 is 6.09. The molecule has 2 aliphatic rings. The number of fused-ring (bicyclic) bond motifs is 4. The Bertz CT molecular complexity index is 1750. The second-order valence-electron chi connectivity index (χ2n) is 10.2. The van der Waals surface area contributed by atoms with Crippen molar-refractivity contribution in [3.05, 3.63) is 123 Å². The third kappa shape index (κ3) is 5.07. The maximum absolute atomic E-state index is 14.2. The van der Waals surface area contributed by atoms with Crippen LogP contribution in [0.3, 0.4) is 0 Å². The highest BCUT2D eigenvalue weighted by Gasteiger charge is 2.50. The number of nitrogens with zero attached hydrogens (tertiary/aromatic N) is 1. The lowest BCUT2D eigenvalue weighted by molar-refractivity contribution is -0.118. The number of hydrogen-bond acceptors (Lipinski definition) is 7. The molecule has 4 aromatic rings. The summed E-state index contributed by atoms with van der Waals surface area (Å²) in [4.78, 5) is 42.0. The zero-order chi connectivity index (χ0) is 29.4. The van der Waals surface area contributed by atoms with E-state index in [-0.39, 0.29) is 30.8 Å². The molecule has 0 saturated heterocycles. The van der Waals surface area contributed by atoms with E-state index in [1.54, 1.807) is 66.7 Å². The summed E-state index contributed by atoms with van der Waals surface area (Å²) in [7, 11) is 0. The van der Waals surface area contributed by atoms with E-state index in [0.29, 0.717) is 27.3 Å². The minimum Gasteiger partial charge on any atom is -0.486 e. The van der Waals surface area contributed by atoms with Gasteiger partial charge in [-0.25, -0.2) is 4.79 Å². The Hall–Kier alpha value is -4.44. The largest absolute Gasteiger partial charge is 0.486 e. The molecule has 10 heteroatoms. The summed E-state index contributed by atoms with van der Waals surface area (Å²) in [6, 6.07) is 21.3. The Morgan fingerprint density at radius 3 is 2.52 bits per heavy atom. The highest BCUT2D eigenvalue weighted by atomic mass is 35.5. The molecule has 0 radical (unpaired) electrons. The molecule has 3 aromatic carbocycles. The first-order valence-corrected chi connectivity index (χ1v) is 13.9. The highest BCUT2D eigenvalue weighted by Crippen LogP contribution is 2.47. The van der Waals surface area contributed by atoms with Gasteiger partial charge in [0.25, 0.3) is 5.91 Å². The lowest BCUT2D eigenvalue weighted by Gasteiger charge is -2.40. The number of rotatable bonds is 7. The van der Waals surface area contributed by atoms with Crippen LogP contribution in [0.15, 0.2) is 99.7 Å². The first-order chi connectivity index (χ1) is 20.4. The van der Waals surface area contributed by atoms with Gasteiger partial charge in [0, 0.05) is 34.6 Å². The van der Waals surface area contributed by atoms with Gasteiger partial charge >= 0.3 is 5.63 Å². The second-order valence-corrected chi connectivity index (χ2v) is 10.7. The van der Waals surface area contributed by atoms with Crippen LogP contribution < -0.4 is 15.7 Å². The smallest absolute Gasteiger partial charge is 0.349 e. The highest BCUT2D eigenvalue weighted by molar-refractivity contribution is 6.30. The molecule has 1 aliphatic heterocycles. The average molecular weight is 587 g/mol. The van der Waals surface area contributed by atoms with Crippen molar-refractivity contribution in [1.29, 1.82) is 0 Å². The molecule has 0 bridgehead atoms. The van der Waals surface area contributed by atoms with E-state index in [9.17, 15) is 24.6 Å². The zero-order valence-electron chi connectivity index (χ0n) is 22.3. The van der Waals surface area contributed by atoms with Gasteiger partial charge in [0.05, 0.1) is 18.6 Å². The van der Waals surface area contributed by atoms with Gasteiger partial charge in [-0.1, -0.05) is 60.1 Å². The molecular formula is C32H27ClN2O7. The van der Waals surface area contributed by atoms with Crippen molar-refractivity contribution in [2.24, 2.45) is 0 Å². The first kappa shape index (κ1) is 27.7. The van der Waals surface area contributed by atoms with E-state index in [0.717, 1.165) is 5.56 Å². The van der Waals surface area contributed by atoms with Gasteiger partial charge < -0.3 is 29.6 Å². The second kappa shape index (κ2) is 11.4. The van der Waals surface area contributed by atoms with Crippen molar-refractivity contribution < 1.29 is 29.0 Å². The van der Waals surface area contributed by atoms with Gasteiger partial charge in [0.2, 0.25) is 5.91 Å². The molecule has 6 rings (SSSR count). The predicted octanol–water partition coefficient (Wildman–Crippen LogP) is 3.41. The van der Waals surface area contributed by atoms with Crippen LogP contribution in [-0.4, -0.2) is 58.3 Å². The Labute approximate surface area is 245 Å². The molecule has 1 aliphatic carbocycles. The number of para-hydroxylation sites is 2. The molecule has 1 aromatic heterocycles. The number of carbonyl (C=O) groups excluding carboxylic acids is 2. The topological polar surface area (TPSA) is 129 Å². The first-order valence-electron chi connectivity index (χ1n) is 13.5. The van der Waals surface area contributed by atoms with Crippen LogP contribution in [0.2, 0.25) is 5.02 Å². The quantitative estimate of drug-likeness (QED) is 0.283. The number of benzene rings is 3. The fourth-order valence-corrected chi connectivity index (χ4v) is 5.78. The average Bonchev–Trinajstić information content (AvgIpc) is 3.40. The molecule has 0 spiro atoms. The van der Waals surface area contributed by atoms with E-state index in [1.807, 2.05) is 12.1 Å². The summed E-state index contributed by atoms with van der Waals surface area (Å²) in [5.74, 6) is -1.22. The number of halogens is 1. The normalized spacial score (nSPS) is 20.7. The van der Waals surface area contributed by atoms with Gasteiger partial charge in [-0.15, -0.1) is 0 Å². The van der Waals surface area contributed by atoms with Gasteiger partial charge in [-0.2, -0.15) is 0 Å². The molecular weight excluding hydrogens is 560 g/mol. The van der Waals surface area contributed by atoms with Gasteiger partial charge in [0.15, 0.2) is 0 Å². The van der Waals surface area contributed by atoms with Crippen LogP contribution in [0, 0.1) is 0 Å². The van der Waals surface area contributed by atoms with Gasteiger partial charge in [0.1, 0.15) is 29.1 Å². The number of aliphatic hydroxyl groups is 2. The van der Waals surface area contributed by atoms with Crippen LogP contribution in [0.25, 0.3) is 11.0 Å². The summed E-state index contributed by atoms with van der Waals surface area (Å²) in [5.41, 5.74) is 1.00. The standard InChI is InChI=1S/C32H27ClN2O7/c33-20-11-9-18(10-12-20)17-35(31(39)23-15-19-5-1-3-7-25(19)42-32(23)40)24-16-22(30(38)34-13-14-36)27-21-6-2-4-8-26(21)41-29(27)28(24)37/h1-12,15-16,24,27-29,36-37H,13-14,17H2,(H,34,38). The number of ether oxygens (including phenoxy) is 1. The van der Waals surface area contributed by atoms with Crippen LogP contribution in [-0.2, 0) is 11.3 Å². The van der Waals surface area contributed by atoms with Crippen molar-refractivity contribution in [2.45, 2.75) is 30.7 Å². The number of nitrogens with one attached hydrogen (secondary N) is 1. The van der Waals surface area contributed by atoms with E-state index in [1.165, 1.54) is 11.0 Å². The number of hydrogen-bond donors (Lipinski definition) is 3. The van der Waals surface area contributed by atoms with Crippen molar-refractivity contribution in [3.8, 4) is 5.75 Å². The van der Waals surface area contributed by atoms with E-state index < -0.39 is 41.6 Å².